The monoisotopic (exact) mass is 186 g/mol. The fourth-order valence-electron chi connectivity index (χ4n) is 2.34. The second-order valence-corrected chi connectivity index (χ2v) is 3.90. The van der Waals surface area contributed by atoms with Crippen molar-refractivity contribution in [2.45, 2.75) is 18.9 Å². The number of hydrogen-bond acceptors (Lipinski definition) is 2. The number of rotatable bonds is 2. The van der Waals surface area contributed by atoms with Crippen LogP contribution in [0.1, 0.15) is 12.8 Å². The number of carbonyl (C=O) groups is 1. The van der Waals surface area contributed by atoms with Gasteiger partial charge < -0.3 is 10.2 Å². The number of hydrogen-bond donors (Lipinski definition) is 1. The highest BCUT2D eigenvalue weighted by atomic mass is 19.1. The van der Waals surface area contributed by atoms with Crippen LogP contribution in [0.4, 0.5) is 4.39 Å². The summed E-state index contributed by atoms with van der Waals surface area (Å²) in [5.41, 5.74) is 0. The Bertz CT molecular complexity index is 210. The lowest BCUT2D eigenvalue weighted by atomic mass is 10.0. The molecule has 2 fully saturated rings. The van der Waals surface area contributed by atoms with Crippen molar-refractivity contribution in [2.75, 3.05) is 26.3 Å². The van der Waals surface area contributed by atoms with E-state index >= 15 is 0 Å². The number of nitrogens with one attached hydrogen (secondary N) is 1. The number of nitrogens with zero attached hydrogens (tertiary/aromatic N) is 1. The van der Waals surface area contributed by atoms with Crippen LogP contribution in [0, 0.1) is 5.92 Å². The molecule has 2 atom stereocenters. The van der Waals surface area contributed by atoms with Crippen molar-refractivity contribution in [1.29, 1.82) is 0 Å². The smallest absolute Gasteiger partial charge is 0.225 e. The highest BCUT2D eigenvalue weighted by Gasteiger charge is 2.37. The van der Waals surface area contributed by atoms with E-state index in [2.05, 4.69) is 5.32 Å². The molecule has 0 unspecified atom stereocenters. The third-order valence-electron chi connectivity index (χ3n) is 2.94. The van der Waals surface area contributed by atoms with Gasteiger partial charge in [0.15, 0.2) is 0 Å². The molecular weight excluding hydrogens is 171 g/mol. The summed E-state index contributed by atoms with van der Waals surface area (Å²) in [5, 5.41) is 3.29. The Labute approximate surface area is 77.3 Å². The van der Waals surface area contributed by atoms with Crippen LogP contribution in [0.15, 0.2) is 0 Å². The van der Waals surface area contributed by atoms with E-state index in [0.29, 0.717) is 12.0 Å². The molecule has 2 saturated heterocycles. The number of alkyl halides is 1. The SMILES string of the molecule is O=C(CCF)N1C[C@H]2CNC[C@@H]1C2. The number of likely N-dealkylation sites (tertiary alicyclic amines) is 1. The molecule has 0 radical (unpaired) electrons. The van der Waals surface area contributed by atoms with Gasteiger partial charge in [-0.15, -0.1) is 0 Å². The van der Waals surface area contributed by atoms with Crippen LogP contribution in [0.25, 0.3) is 0 Å². The standard InChI is InChI=1S/C9H15FN2O/c10-2-1-9(13)12-6-7-3-8(12)5-11-4-7/h7-8,11H,1-6H2/t7-,8+/m1/s1. The van der Waals surface area contributed by atoms with Crippen molar-refractivity contribution in [2.24, 2.45) is 5.92 Å². The van der Waals surface area contributed by atoms with Crippen molar-refractivity contribution in [3.63, 3.8) is 0 Å². The zero-order chi connectivity index (χ0) is 9.26. The van der Waals surface area contributed by atoms with Gasteiger partial charge in [-0.05, 0) is 18.9 Å². The summed E-state index contributed by atoms with van der Waals surface area (Å²) < 4.78 is 12.0. The number of amides is 1. The lowest BCUT2D eigenvalue weighted by molar-refractivity contribution is -0.132. The molecule has 1 amide bonds. The van der Waals surface area contributed by atoms with Crippen LogP contribution in [0.2, 0.25) is 0 Å². The Balaban J connectivity index is 1.96. The maximum absolute atomic E-state index is 12.0. The van der Waals surface area contributed by atoms with Gasteiger partial charge in [0.05, 0.1) is 13.1 Å². The molecular formula is C9H15FN2O. The maximum atomic E-state index is 12.0. The number of carbonyl (C=O) groups excluding carboxylic acids is 1. The minimum Gasteiger partial charge on any atom is -0.338 e. The molecule has 4 heteroatoms. The molecule has 0 spiro atoms. The molecule has 0 aliphatic carbocycles. The molecule has 74 valence electrons. The Morgan fingerprint density at radius 1 is 1.54 bits per heavy atom. The molecule has 0 aromatic rings. The van der Waals surface area contributed by atoms with Crippen LogP contribution in [0.3, 0.4) is 0 Å². The van der Waals surface area contributed by atoms with Crippen molar-refractivity contribution in [1.82, 2.24) is 10.2 Å². The molecule has 13 heavy (non-hydrogen) atoms. The van der Waals surface area contributed by atoms with Crippen molar-refractivity contribution in [3.05, 3.63) is 0 Å². The van der Waals surface area contributed by atoms with Crippen LogP contribution in [0.5, 0.6) is 0 Å². The van der Waals surface area contributed by atoms with E-state index in [1.165, 1.54) is 0 Å². The maximum Gasteiger partial charge on any atom is 0.225 e. The van der Waals surface area contributed by atoms with Crippen molar-refractivity contribution < 1.29 is 9.18 Å². The van der Waals surface area contributed by atoms with Gasteiger partial charge in [-0.25, -0.2) is 0 Å². The number of halogens is 1. The molecule has 1 N–H and O–H groups in total. The summed E-state index contributed by atoms with van der Waals surface area (Å²) in [7, 11) is 0. The van der Waals surface area contributed by atoms with Gasteiger partial charge in [-0.1, -0.05) is 0 Å². The molecule has 2 bridgehead atoms. The minimum absolute atomic E-state index is 0.0151. The molecule has 2 heterocycles. The predicted octanol–water partition coefficient (Wildman–Crippen LogP) is 0.166. The summed E-state index contributed by atoms with van der Waals surface area (Å²) >= 11 is 0. The molecule has 2 aliphatic rings. The van der Waals surface area contributed by atoms with E-state index in [0.717, 1.165) is 26.1 Å². The van der Waals surface area contributed by atoms with Gasteiger partial charge in [0.1, 0.15) is 0 Å². The second-order valence-electron chi connectivity index (χ2n) is 3.90. The fraction of sp³-hybridized carbons (Fsp3) is 0.889. The number of fused-ring (bicyclic) bond motifs is 2. The van der Waals surface area contributed by atoms with E-state index in [1.807, 2.05) is 4.90 Å². The quantitative estimate of drug-likeness (QED) is 0.666. The average molecular weight is 186 g/mol. The van der Waals surface area contributed by atoms with Crippen molar-refractivity contribution >= 4 is 5.91 Å². The van der Waals surface area contributed by atoms with Crippen LogP contribution in [-0.2, 0) is 4.79 Å². The summed E-state index contributed by atoms with van der Waals surface area (Å²) in [6.07, 6.45) is 1.16. The summed E-state index contributed by atoms with van der Waals surface area (Å²) in [6, 6.07) is 0.331. The van der Waals surface area contributed by atoms with Gasteiger partial charge in [-0.2, -0.15) is 0 Å². The topological polar surface area (TPSA) is 32.3 Å². The first-order valence-electron chi connectivity index (χ1n) is 4.87. The molecule has 0 aromatic carbocycles. The average Bonchev–Trinajstić information content (AvgIpc) is 2.42. The minimum atomic E-state index is -0.528. The first kappa shape index (κ1) is 8.94. The van der Waals surface area contributed by atoms with E-state index < -0.39 is 6.67 Å². The molecule has 2 rings (SSSR count). The summed E-state index contributed by atoms with van der Waals surface area (Å²) in [4.78, 5) is 13.3. The zero-order valence-electron chi connectivity index (χ0n) is 7.63. The van der Waals surface area contributed by atoms with E-state index in [9.17, 15) is 9.18 Å². The van der Waals surface area contributed by atoms with E-state index in [-0.39, 0.29) is 12.3 Å². The third-order valence-corrected chi connectivity index (χ3v) is 2.94. The molecule has 2 aliphatic heterocycles. The molecule has 0 aromatic heterocycles. The van der Waals surface area contributed by atoms with E-state index in [4.69, 9.17) is 0 Å². The zero-order valence-corrected chi connectivity index (χ0v) is 7.63. The third kappa shape index (κ3) is 1.68. The van der Waals surface area contributed by atoms with Gasteiger partial charge in [0.25, 0.3) is 0 Å². The van der Waals surface area contributed by atoms with Gasteiger partial charge in [0, 0.05) is 19.1 Å². The summed E-state index contributed by atoms with van der Waals surface area (Å²) in [6.45, 7) is 2.20. The second kappa shape index (κ2) is 3.62. The first-order chi connectivity index (χ1) is 6.31. The Hall–Kier alpha value is -0.640. The Morgan fingerprint density at radius 3 is 3.08 bits per heavy atom. The highest BCUT2D eigenvalue weighted by molar-refractivity contribution is 5.77. The Morgan fingerprint density at radius 2 is 2.38 bits per heavy atom. The lowest BCUT2D eigenvalue weighted by Crippen LogP contribution is -2.41. The highest BCUT2D eigenvalue weighted by Crippen LogP contribution is 2.26. The van der Waals surface area contributed by atoms with Gasteiger partial charge in [-0.3, -0.25) is 9.18 Å². The van der Waals surface area contributed by atoms with Crippen LogP contribution >= 0.6 is 0 Å². The molecule has 0 saturated carbocycles. The van der Waals surface area contributed by atoms with E-state index in [1.54, 1.807) is 0 Å². The normalized spacial score (nSPS) is 32.2. The fourth-order valence-corrected chi connectivity index (χ4v) is 2.34. The Kier molecular flexibility index (Phi) is 2.49. The van der Waals surface area contributed by atoms with Gasteiger partial charge >= 0.3 is 0 Å². The van der Waals surface area contributed by atoms with Gasteiger partial charge in [0.2, 0.25) is 5.91 Å². The predicted molar refractivity (Wildman–Crippen MR) is 47.1 cm³/mol. The summed E-state index contributed by atoms with van der Waals surface area (Å²) in [5.74, 6) is 0.584. The van der Waals surface area contributed by atoms with Crippen molar-refractivity contribution in [3.8, 4) is 0 Å². The van der Waals surface area contributed by atoms with Crippen LogP contribution < -0.4 is 5.32 Å². The molecule has 3 nitrogen and oxygen atoms in total. The lowest BCUT2D eigenvalue weighted by Gasteiger charge is -2.24. The first-order valence-corrected chi connectivity index (χ1v) is 4.87. The number of piperidine rings is 1. The largest absolute Gasteiger partial charge is 0.338 e. The van der Waals surface area contributed by atoms with Crippen LogP contribution in [-0.4, -0.2) is 43.2 Å².